The van der Waals surface area contributed by atoms with Crippen molar-refractivity contribution in [2.75, 3.05) is 25.1 Å². The monoisotopic (exact) mass is 276 g/mol. The number of fused-ring (bicyclic) bond motifs is 1. The van der Waals surface area contributed by atoms with Crippen LogP contribution in [0.4, 0.5) is 5.82 Å². The van der Waals surface area contributed by atoms with E-state index in [4.69, 9.17) is 4.74 Å². The number of anilines is 1. The number of carboxylic acid groups (broad SMARTS) is 1. The van der Waals surface area contributed by atoms with Crippen molar-refractivity contribution in [3.63, 3.8) is 0 Å². The quantitative estimate of drug-likeness (QED) is 0.881. The first-order valence-electron chi connectivity index (χ1n) is 7.32. The molecule has 20 heavy (non-hydrogen) atoms. The summed E-state index contributed by atoms with van der Waals surface area (Å²) in [7, 11) is 0. The van der Waals surface area contributed by atoms with Crippen molar-refractivity contribution >= 4 is 11.8 Å². The molecule has 0 radical (unpaired) electrons. The molecule has 1 aliphatic carbocycles. The summed E-state index contributed by atoms with van der Waals surface area (Å²) in [6.45, 7) is 2.38. The molecule has 2 heterocycles. The molecule has 5 nitrogen and oxygen atoms in total. The Kier molecular flexibility index (Phi) is 3.87. The molecule has 108 valence electrons. The van der Waals surface area contributed by atoms with Crippen LogP contribution < -0.4 is 5.32 Å². The molecule has 0 spiro atoms. The molecule has 1 aromatic heterocycles. The molecule has 3 rings (SSSR count). The summed E-state index contributed by atoms with van der Waals surface area (Å²) >= 11 is 0. The van der Waals surface area contributed by atoms with E-state index >= 15 is 0 Å². The van der Waals surface area contributed by atoms with Crippen LogP contribution in [-0.2, 0) is 17.6 Å². The maximum atomic E-state index is 11.4. The molecule has 2 aliphatic rings. The van der Waals surface area contributed by atoms with Gasteiger partial charge in [0.1, 0.15) is 11.4 Å². The van der Waals surface area contributed by atoms with Crippen molar-refractivity contribution in [3.8, 4) is 0 Å². The number of hydrogen-bond donors (Lipinski definition) is 2. The van der Waals surface area contributed by atoms with E-state index in [2.05, 4.69) is 10.3 Å². The Morgan fingerprint density at radius 1 is 1.40 bits per heavy atom. The molecule has 0 aromatic carbocycles. The fraction of sp³-hybridized carbons (Fsp3) is 0.600. The predicted molar refractivity (Wildman–Crippen MR) is 75.3 cm³/mol. The minimum atomic E-state index is -0.901. The molecule has 1 saturated heterocycles. The average Bonchev–Trinajstić information content (AvgIpc) is 2.92. The number of rotatable bonds is 4. The Labute approximate surface area is 118 Å². The second kappa shape index (κ2) is 5.79. The minimum absolute atomic E-state index is 0.303. The van der Waals surface area contributed by atoms with E-state index < -0.39 is 5.97 Å². The van der Waals surface area contributed by atoms with Gasteiger partial charge in [-0.05, 0) is 49.7 Å². The van der Waals surface area contributed by atoms with Gasteiger partial charge in [0.2, 0.25) is 0 Å². The first-order chi connectivity index (χ1) is 9.74. The smallest absolute Gasteiger partial charge is 0.339 e. The number of pyridine rings is 1. The van der Waals surface area contributed by atoms with Crippen LogP contribution >= 0.6 is 0 Å². The lowest BCUT2D eigenvalue weighted by atomic mass is 10.0. The molecule has 1 fully saturated rings. The van der Waals surface area contributed by atoms with Crippen LogP contribution in [0.5, 0.6) is 0 Å². The van der Waals surface area contributed by atoms with E-state index in [0.717, 1.165) is 63.1 Å². The second-order valence-corrected chi connectivity index (χ2v) is 5.59. The fourth-order valence-electron chi connectivity index (χ4n) is 2.96. The molecule has 0 unspecified atom stereocenters. The van der Waals surface area contributed by atoms with E-state index in [1.807, 2.05) is 0 Å². The highest BCUT2D eigenvalue weighted by Gasteiger charge is 2.21. The third-order valence-corrected chi connectivity index (χ3v) is 4.18. The molecular weight excluding hydrogens is 256 g/mol. The third-order valence-electron chi connectivity index (χ3n) is 4.18. The second-order valence-electron chi connectivity index (χ2n) is 5.59. The Morgan fingerprint density at radius 3 is 2.95 bits per heavy atom. The number of aromatic nitrogens is 1. The highest BCUT2D eigenvalue weighted by atomic mass is 16.5. The van der Waals surface area contributed by atoms with Gasteiger partial charge in [-0.2, -0.15) is 0 Å². The zero-order chi connectivity index (χ0) is 13.9. The Morgan fingerprint density at radius 2 is 2.20 bits per heavy atom. The number of carbonyl (C=O) groups is 1. The highest BCUT2D eigenvalue weighted by molar-refractivity contribution is 5.93. The summed E-state index contributed by atoms with van der Waals surface area (Å²) in [4.78, 5) is 15.9. The lowest BCUT2D eigenvalue weighted by Crippen LogP contribution is -2.24. The van der Waals surface area contributed by atoms with Crippen molar-refractivity contribution in [1.29, 1.82) is 0 Å². The van der Waals surface area contributed by atoms with E-state index in [-0.39, 0.29) is 0 Å². The molecule has 1 aromatic rings. The summed E-state index contributed by atoms with van der Waals surface area (Å²) in [6, 6.07) is 1.80. The summed E-state index contributed by atoms with van der Waals surface area (Å²) in [5.74, 6) is 0.173. The summed E-state index contributed by atoms with van der Waals surface area (Å²) in [6.07, 6.45) is 5.04. The minimum Gasteiger partial charge on any atom is -0.478 e. The number of aromatic carboxylic acids is 1. The highest BCUT2D eigenvalue weighted by Crippen LogP contribution is 2.26. The van der Waals surface area contributed by atoms with Crippen molar-refractivity contribution in [1.82, 2.24) is 4.98 Å². The molecular formula is C15H20N2O3. The topological polar surface area (TPSA) is 71.5 Å². The Bertz CT molecular complexity index is 510. The van der Waals surface area contributed by atoms with Crippen LogP contribution in [0.25, 0.3) is 0 Å². The molecule has 0 bridgehead atoms. The van der Waals surface area contributed by atoms with Gasteiger partial charge in [-0.3, -0.25) is 0 Å². The number of nitrogens with one attached hydrogen (secondary N) is 1. The van der Waals surface area contributed by atoms with Gasteiger partial charge >= 0.3 is 5.97 Å². The molecule has 1 aliphatic heterocycles. The zero-order valence-electron chi connectivity index (χ0n) is 11.5. The largest absolute Gasteiger partial charge is 0.478 e. The van der Waals surface area contributed by atoms with Crippen LogP contribution in [0.1, 0.15) is 40.9 Å². The number of carboxylic acids is 1. The van der Waals surface area contributed by atoms with Gasteiger partial charge in [0, 0.05) is 25.5 Å². The number of ether oxygens (including phenoxy) is 1. The predicted octanol–water partition coefficient (Wildman–Crippen LogP) is 2.11. The van der Waals surface area contributed by atoms with Gasteiger partial charge in [-0.1, -0.05) is 0 Å². The fourth-order valence-corrected chi connectivity index (χ4v) is 2.96. The normalized spacial score (nSPS) is 18.8. The molecule has 0 saturated carbocycles. The number of aryl methyl sites for hydroxylation is 2. The van der Waals surface area contributed by atoms with E-state index in [0.29, 0.717) is 17.3 Å². The third kappa shape index (κ3) is 2.77. The van der Waals surface area contributed by atoms with Gasteiger partial charge in [-0.15, -0.1) is 0 Å². The van der Waals surface area contributed by atoms with E-state index in [1.54, 1.807) is 6.07 Å². The van der Waals surface area contributed by atoms with Gasteiger partial charge in [0.05, 0.1) is 0 Å². The zero-order valence-corrected chi connectivity index (χ0v) is 11.5. The van der Waals surface area contributed by atoms with Gasteiger partial charge in [0.15, 0.2) is 0 Å². The van der Waals surface area contributed by atoms with Crippen LogP contribution in [-0.4, -0.2) is 35.8 Å². The molecule has 2 N–H and O–H groups in total. The van der Waals surface area contributed by atoms with Crippen molar-refractivity contribution in [3.05, 3.63) is 22.9 Å². The standard InChI is InChI=1S/C15H20N2O3/c18-15(19)12-8-11-2-1-3-13(11)17-14(12)16-9-10-4-6-20-7-5-10/h8,10H,1-7,9H2,(H,16,17)(H,18,19). The first-order valence-corrected chi connectivity index (χ1v) is 7.32. The summed E-state index contributed by atoms with van der Waals surface area (Å²) in [5.41, 5.74) is 2.46. The maximum absolute atomic E-state index is 11.4. The Hall–Kier alpha value is -1.62. The average molecular weight is 276 g/mol. The first kappa shape index (κ1) is 13.4. The SMILES string of the molecule is O=C(O)c1cc2c(nc1NCC1CCOCC1)CCC2. The van der Waals surface area contributed by atoms with Crippen LogP contribution in [0.15, 0.2) is 6.07 Å². The number of hydrogen-bond acceptors (Lipinski definition) is 4. The summed E-state index contributed by atoms with van der Waals surface area (Å²) in [5, 5.41) is 12.6. The van der Waals surface area contributed by atoms with Crippen LogP contribution in [0.2, 0.25) is 0 Å². The summed E-state index contributed by atoms with van der Waals surface area (Å²) < 4.78 is 5.34. The van der Waals surface area contributed by atoms with Crippen LogP contribution in [0, 0.1) is 5.92 Å². The Balaban J connectivity index is 1.75. The van der Waals surface area contributed by atoms with Gasteiger partial charge < -0.3 is 15.2 Å². The maximum Gasteiger partial charge on any atom is 0.339 e. The van der Waals surface area contributed by atoms with Crippen molar-refractivity contribution in [2.24, 2.45) is 5.92 Å². The van der Waals surface area contributed by atoms with Crippen LogP contribution in [0.3, 0.4) is 0 Å². The number of nitrogens with zero attached hydrogens (tertiary/aromatic N) is 1. The van der Waals surface area contributed by atoms with E-state index in [9.17, 15) is 9.90 Å². The molecule has 0 amide bonds. The van der Waals surface area contributed by atoms with E-state index in [1.165, 1.54) is 0 Å². The molecule has 5 heteroatoms. The van der Waals surface area contributed by atoms with Crippen molar-refractivity contribution in [2.45, 2.75) is 32.1 Å². The molecule has 0 atom stereocenters. The van der Waals surface area contributed by atoms with Gasteiger partial charge in [0.25, 0.3) is 0 Å². The van der Waals surface area contributed by atoms with Gasteiger partial charge in [-0.25, -0.2) is 9.78 Å². The lowest BCUT2D eigenvalue weighted by Gasteiger charge is -2.23. The van der Waals surface area contributed by atoms with Crippen molar-refractivity contribution < 1.29 is 14.6 Å². The lowest BCUT2D eigenvalue weighted by molar-refractivity contribution is 0.0688.